The van der Waals surface area contributed by atoms with Gasteiger partial charge in [-0.25, -0.2) is 0 Å². The molecule has 0 unspecified atom stereocenters. The summed E-state index contributed by atoms with van der Waals surface area (Å²) < 4.78 is 5.64. The van der Waals surface area contributed by atoms with Crippen molar-refractivity contribution in [3.05, 3.63) is 50.1 Å². The number of benzene rings is 1. The zero-order valence-electron chi connectivity index (χ0n) is 9.53. The average Bonchev–Trinajstić information content (AvgIpc) is 2.84. The van der Waals surface area contributed by atoms with Crippen molar-refractivity contribution in [3.8, 4) is 5.75 Å². The average molecular weight is 303 g/mol. The molecule has 0 bridgehead atoms. The summed E-state index contributed by atoms with van der Waals surface area (Å²) in [4.78, 5) is 0. The van der Waals surface area contributed by atoms with Gasteiger partial charge < -0.3 is 9.84 Å². The maximum absolute atomic E-state index is 9.26. The summed E-state index contributed by atoms with van der Waals surface area (Å²) in [5.74, 6) is 0.513. The van der Waals surface area contributed by atoms with Crippen LogP contribution < -0.4 is 4.74 Å². The summed E-state index contributed by atoms with van der Waals surface area (Å²) in [6.45, 7) is 0.374. The maximum atomic E-state index is 9.26. The van der Waals surface area contributed by atoms with Crippen LogP contribution in [0.3, 0.4) is 0 Å². The highest BCUT2D eigenvalue weighted by Crippen LogP contribution is 2.32. The lowest BCUT2D eigenvalue weighted by Gasteiger charge is -2.12. The molecule has 0 aliphatic carbocycles. The molecule has 0 amide bonds. The molecule has 0 saturated heterocycles. The van der Waals surface area contributed by atoms with E-state index in [9.17, 15) is 5.11 Å². The minimum Gasteiger partial charge on any atom is -0.491 e. The second-order valence-corrected chi connectivity index (χ2v) is 5.39. The van der Waals surface area contributed by atoms with Gasteiger partial charge in [-0.05, 0) is 34.5 Å². The van der Waals surface area contributed by atoms with E-state index in [1.165, 1.54) is 5.56 Å². The highest BCUT2D eigenvalue weighted by atomic mass is 35.5. The SMILES string of the molecule is OCc1cc(Cl)cc(Cl)c1OCCc1ccsc1. The van der Waals surface area contributed by atoms with Gasteiger partial charge >= 0.3 is 0 Å². The number of rotatable bonds is 5. The quantitative estimate of drug-likeness (QED) is 0.898. The lowest BCUT2D eigenvalue weighted by atomic mass is 10.2. The van der Waals surface area contributed by atoms with Gasteiger partial charge in [0.25, 0.3) is 0 Å². The third-order valence-corrected chi connectivity index (χ3v) is 3.70. The van der Waals surface area contributed by atoms with Crippen molar-refractivity contribution in [1.82, 2.24) is 0 Å². The van der Waals surface area contributed by atoms with Crippen LogP contribution >= 0.6 is 34.5 Å². The summed E-state index contributed by atoms with van der Waals surface area (Å²) in [7, 11) is 0. The molecule has 0 spiro atoms. The summed E-state index contributed by atoms with van der Waals surface area (Å²) >= 11 is 13.6. The van der Waals surface area contributed by atoms with Crippen molar-refractivity contribution in [2.75, 3.05) is 6.61 Å². The lowest BCUT2D eigenvalue weighted by Crippen LogP contribution is -2.03. The molecule has 2 aromatic rings. The van der Waals surface area contributed by atoms with Gasteiger partial charge in [-0.15, -0.1) is 0 Å². The predicted molar refractivity (Wildman–Crippen MR) is 75.9 cm³/mol. The van der Waals surface area contributed by atoms with Crippen molar-refractivity contribution >= 4 is 34.5 Å². The third kappa shape index (κ3) is 3.39. The van der Waals surface area contributed by atoms with Gasteiger partial charge in [0.05, 0.1) is 18.2 Å². The van der Waals surface area contributed by atoms with Crippen LogP contribution in [0.1, 0.15) is 11.1 Å². The van der Waals surface area contributed by atoms with Gasteiger partial charge in [0.2, 0.25) is 0 Å². The highest BCUT2D eigenvalue weighted by molar-refractivity contribution is 7.07. The molecule has 2 rings (SSSR count). The summed E-state index contributed by atoms with van der Waals surface area (Å²) in [5.41, 5.74) is 1.84. The molecule has 0 saturated carbocycles. The molecule has 1 aromatic carbocycles. The molecule has 0 radical (unpaired) electrons. The first-order valence-electron chi connectivity index (χ1n) is 5.43. The van der Waals surface area contributed by atoms with E-state index in [-0.39, 0.29) is 6.61 Å². The van der Waals surface area contributed by atoms with Crippen LogP contribution in [0.5, 0.6) is 5.75 Å². The Balaban J connectivity index is 2.04. The van der Waals surface area contributed by atoms with E-state index in [1.807, 2.05) is 5.38 Å². The summed E-state index contributed by atoms with van der Waals surface area (Å²) in [6.07, 6.45) is 0.813. The van der Waals surface area contributed by atoms with E-state index >= 15 is 0 Å². The second kappa shape index (κ2) is 6.43. The number of halogens is 2. The number of hydrogen-bond acceptors (Lipinski definition) is 3. The Hall–Kier alpha value is -0.740. The largest absolute Gasteiger partial charge is 0.491 e. The minimum absolute atomic E-state index is 0.145. The second-order valence-electron chi connectivity index (χ2n) is 3.76. The van der Waals surface area contributed by atoms with Gasteiger partial charge in [0, 0.05) is 17.0 Å². The van der Waals surface area contributed by atoms with E-state index in [2.05, 4.69) is 11.4 Å². The van der Waals surface area contributed by atoms with Gasteiger partial charge in [-0.2, -0.15) is 11.3 Å². The Morgan fingerprint density at radius 3 is 2.78 bits per heavy atom. The molecular weight excluding hydrogens is 291 g/mol. The topological polar surface area (TPSA) is 29.5 Å². The number of ether oxygens (including phenoxy) is 1. The van der Waals surface area contributed by atoms with Gasteiger partial charge in [0.15, 0.2) is 0 Å². The fourth-order valence-corrected chi connectivity index (χ4v) is 2.89. The van der Waals surface area contributed by atoms with E-state index < -0.39 is 0 Å². The monoisotopic (exact) mass is 302 g/mol. The van der Waals surface area contributed by atoms with E-state index in [1.54, 1.807) is 23.5 Å². The van der Waals surface area contributed by atoms with Crippen molar-refractivity contribution < 1.29 is 9.84 Å². The van der Waals surface area contributed by atoms with Crippen LogP contribution in [0.15, 0.2) is 29.0 Å². The molecule has 96 valence electrons. The fraction of sp³-hybridized carbons (Fsp3) is 0.231. The summed E-state index contributed by atoms with van der Waals surface area (Å²) in [5, 5.41) is 14.3. The van der Waals surface area contributed by atoms with Crippen LogP contribution in [-0.2, 0) is 13.0 Å². The molecule has 0 aliphatic heterocycles. The Morgan fingerprint density at radius 2 is 2.11 bits per heavy atom. The molecule has 2 nitrogen and oxygen atoms in total. The van der Waals surface area contributed by atoms with Crippen LogP contribution in [-0.4, -0.2) is 11.7 Å². The zero-order chi connectivity index (χ0) is 13.0. The molecule has 1 heterocycles. The number of aliphatic hydroxyl groups excluding tert-OH is 1. The van der Waals surface area contributed by atoms with E-state index in [0.717, 1.165) is 6.42 Å². The molecule has 0 atom stereocenters. The number of hydrogen-bond donors (Lipinski definition) is 1. The van der Waals surface area contributed by atoms with Crippen LogP contribution in [0, 0.1) is 0 Å². The standard InChI is InChI=1S/C13H12Cl2O2S/c14-11-5-10(7-16)13(12(15)6-11)17-3-1-9-2-4-18-8-9/h2,4-6,8,16H,1,3,7H2. The predicted octanol–water partition coefficient (Wildman–Crippen LogP) is 4.17. The summed E-state index contributed by atoms with van der Waals surface area (Å²) in [6, 6.07) is 5.33. The van der Waals surface area contributed by atoms with Gasteiger partial charge in [0.1, 0.15) is 5.75 Å². The van der Waals surface area contributed by atoms with Gasteiger partial charge in [-0.3, -0.25) is 0 Å². The van der Waals surface area contributed by atoms with Crippen molar-refractivity contribution in [1.29, 1.82) is 0 Å². The molecule has 1 N–H and O–H groups in total. The van der Waals surface area contributed by atoms with Crippen molar-refractivity contribution in [3.63, 3.8) is 0 Å². The number of thiophene rings is 1. The van der Waals surface area contributed by atoms with E-state index in [4.69, 9.17) is 27.9 Å². The molecule has 18 heavy (non-hydrogen) atoms. The zero-order valence-corrected chi connectivity index (χ0v) is 11.9. The Labute approximate surface area is 120 Å². The van der Waals surface area contributed by atoms with Gasteiger partial charge in [-0.1, -0.05) is 23.2 Å². The fourth-order valence-electron chi connectivity index (χ4n) is 1.60. The van der Waals surface area contributed by atoms with Crippen LogP contribution in [0.4, 0.5) is 0 Å². The van der Waals surface area contributed by atoms with Crippen LogP contribution in [0.25, 0.3) is 0 Å². The molecular formula is C13H12Cl2O2S. The lowest BCUT2D eigenvalue weighted by molar-refractivity contribution is 0.264. The van der Waals surface area contributed by atoms with Crippen LogP contribution in [0.2, 0.25) is 10.0 Å². The van der Waals surface area contributed by atoms with Crippen molar-refractivity contribution in [2.45, 2.75) is 13.0 Å². The first kappa shape index (κ1) is 13.7. The first-order chi connectivity index (χ1) is 8.70. The first-order valence-corrected chi connectivity index (χ1v) is 7.13. The molecule has 5 heteroatoms. The smallest absolute Gasteiger partial charge is 0.143 e. The number of aliphatic hydroxyl groups is 1. The van der Waals surface area contributed by atoms with E-state index in [0.29, 0.717) is 28.0 Å². The normalized spacial score (nSPS) is 10.6. The molecule has 0 fully saturated rings. The Kier molecular flexibility index (Phi) is 4.89. The van der Waals surface area contributed by atoms with Crippen molar-refractivity contribution in [2.24, 2.45) is 0 Å². The third-order valence-electron chi connectivity index (χ3n) is 2.47. The molecule has 0 aliphatic rings. The Morgan fingerprint density at radius 1 is 1.28 bits per heavy atom. The highest BCUT2D eigenvalue weighted by Gasteiger charge is 2.10. The molecule has 1 aromatic heterocycles. The maximum Gasteiger partial charge on any atom is 0.143 e. The Bertz CT molecular complexity index is 512. The minimum atomic E-state index is -0.145.